The van der Waals surface area contributed by atoms with E-state index in [1.54, 1.807) is 31.3 Å². The summed E-state index contributed by atoms with van der Waals surface area (Å²) in [6.45, 7) is 1.80. The molecule has 2 heterocycles. The molecule has 0 atom stereocenters. The van der Waals surface area contributed by atoms with Gasteiger partial charge >= 0.3 is 0 Å². The summed E-state index contributed by atoms with van der Waals surface area (Å²) in [5, 5.41) is 10.2. The van der Waals surface area contributed by atoms with Gasteiger partial charge in [-0.05, 0) is 78.9 Å². The van der Waals surface area contributed by atoms with Crippen molar-refractivity contribution in [3.63, 3.8) is 0 Å². The van der Waals surface area contributed by atoms with Crippen LogP contribution in [0, 0.1) is 18.6 Å². The molecular formula is C33H28F2N4O3. The summed E-state index contributed by atoms with van der Waals surface area (Å²) in [6.07, 6.45) is 3.19. The molecule has 0 spiro atoms. The van der Waals surface area contributed by atoms with Crippen LogP contribution in [0.3, 0.4) is 0 Å². The van der Waals surface area contributed by atoms with Gasteiger partial charge in [-0.15, -0.1) is 0 Å². The SMILES string of the molecule is CNC(=O)c1c(-c2ccc(F)cc2)nn2ccc(-c3cc(C(=O)NC4(c5ccccc5)CC4)c(OC)cc3C)c(F)c12. The zero-order valence-electron chi connectivity index (χ0n) is 23.3. The van der Waals surface area contributed by atoms with Gasteiger partial charge in [0, 0.05) is 24.4 Å². The van der Waals surface area contributed by atoms with E-state index < -0.39 is 23.1 Å². The summed E-state index contributed by atoms with van der Waals surface area (Å²) in [5.74, 6) is -1.62. The first kappa shape index (κ1) is 27.1. The first-order chi connectivity index (χ1) is 20.3. The minimum Gasteiger partial charge on any atom is -0.496 e. The lowest BCUT2D eigenvalue weighted by Crippen LogP contribution is -2.35. The number of rotatable bonds is 7. The van der Waals surface area contributed by atoms with Gasteiger partial charge in [-0.25, -0.2) is 13.3 Å². The Morgan fingerprint density at radius 2 is 1.67 bits per heavy atom. The second kappa shape index (κ2) is 10.4. The molecule has 6 rings (SSSR count). The van der Waals surface area contributed by atoms with Gasteiger partial charge in [-0.1, -0.05) is 30.3 Å². The molecule has 1 saturated carbocycles. The molecule has 0 saturated heterocycles. The Morgan fingerprint density at radius 3 is 2.31 bits per heavy atom. The van der Waals surface area contributed by atoms with Crippen LogP contribution in [0.15, 0.2) is 79.0 Å². The van der Waals surface area contributed by atoms with Gasteiger partial charge in [0.15, 0.2) is 5.82 Å². The van der Waals surface area contributed by atoms with Gasteiger partial charge < -0.3 is 15.4 Å². The molecule has 1 aliphatic rings. The third-order valence-corrected chi connectivity index (χ3v) is 7.82. The highest BCUT2D eigenvalue weighted by molar-refractivity contribution is 6.07. The maximum Gasteiger partial charge on any atom is 0.255 e. The average Bonchev–Trinajstić information content (AvgIpc) is 3.68. The Kier molecular flexibility index (Phi) is 6.73. The Labute approximate surface area is 241 Å². The lowest BCUT2D eigenvalue weighted by molar-refractivity contribution is 0.0926. The number of nitrogens with one attached hydrogen (secondary N) is 2. The van der Waals surface area contributed by atoms with Crippen molar-refractivity contribution in [1.29, 1.82) is 0 Å². The third kappa shape index (κ3) is 4.56. The number of hydrogen-bond donors (Lipinski definition) is 2. The smallest absolute Gasteiger partial charge is 0.255 e. The largest absolute Gasteiger partial charge is 0.496 e. The molecule has 3 aromatic carbocycles. The Balaban J connectivity index is 1.47. The van der Waals surface area contributed by atoms with Crippen LogP contribution in [0.2, 0.25) is 0 Å². The summed E-state index contributed by atoms with van der Waals surface area (Å²) in [5.41, 5.74) is 2.85. The molecule has 5 aromatic rings. The number of carbonyl (C=O) groups excluding carboxylic acids is 2. The van der Waals surface area contributed by atoms with E-state index in [-0.39, 0.29) is 33.8 Å². The van der Waals surface area contributed by atoms with E-state index in [2.05, 4.69) is 15.7 Å². The lowest BCUT2D eigenvalue weighted by atomic mass is 9.95. The number of carbonyl (C=O) groups is 2. The predicted molar refractivity (Wildman–Crippen MR) is 155 cm³/mol. The van der Waals surface area contributed by atoms with Crippen molar-refractivity contribution < 1.29 is 23.1 Å². The van der Waals surface area contributed by atoms with Crippen LogP contribution in [0.25, 0.3) is 27.9 Å². The minimum absolute atomic E-state index is 0.0196. The van der Waals surface area contributed by atoms with Crippen LogP contribution in [-0.2, 0) is 5.54 Å². The molecule has 7 nitrogen and oxygen atoms in total. The van der Waals surface area contributed by atoms with E-state index in [4.69, 9.17) is 4.74 Å². The number of benzene rings is 3. The monoisotopic (exact) mass is 566 g/mol. The number of halogens is 2. The number of aromatic nitrogens is 2. The molecule has 0 bridgehead atoms. The number of pyridine rings is 1. The van der Waals surface area contributed by atoms with Crippen LogP contribution in [0.5, 0.6) is 5.75 Å². The number of fused-ring (bicyclic) bond motifs is 1. The van der Waals surface area contributed by atoms with Crippen molar-refractivity contribution in [2.24, 2.45) is 0 Å². The van der Waals surface area contributed by atoms with Crippen LogP contribution >= 0.6 is 0 Å². The van der Waals surface area contributed by atoms with Crippen molar-refractivity contribution in [3.8, 4) is 28.1 Å². The number of methoxy groups -OCH3 is 1. The lowest BCUT2D eigenvalue weighted by Gasteiger charge is -2.20. The molecule has 2 amide bonds. The highest BCUT2D eigenvalue weighted by atomic mass is 19.1. The van der Waals surface area contributed by atoms with Crippen molar-refractivity contribution in [1.82, 2.24) is 20.2 Å². The van der Waals surface area contributed by atoms with Crippen LogP contribution in [-0.4, -0.2) is 35.6 Å². The highest BCUT2D eigenvalue weighted by Gasteiger charge is 2.46. The van der Waals surface area contributed by atoms with Gasteiger partial charge in [-0.3, -0.25) is 9.59 Å². The van der Waals surface area contributed by atoms with Gasteiger partial charge in [0.25, 0.3) is 11.8 Å². The number of hydrogen-bond acceptors (Lipinski definition) is 4. The normalized spacial score (nSPS) is 13.5. The molecule has 2 aromatic heterocycles. The Hall–Kier alpha value is -5.05. The molecule has 42 heavy (non-hydrogen) atoms. The number of nitrogens with zero attached hydrogens (tertiary/aromatic N) is 2. The topological polar surface area (TPSA) is 84.7 Å². The molecule has 1 fully saturated rings. The fraction of sp³-hybridized carbons (Fsp3) is 0.182. The van der Waals surface area contributed by atoms with Gasteiger partial charge in [0.1, 0.15) is 22.8 Å². The van der Waals surface area contributed by atoms with E-state index in [1.165, 1.54) is 42.9 Å². The summed E-state index contributed by atoms with van der Waals surface area (Å²) < 4.78 is 36.9. The Bertz CT molecular complexity index is 1850. The quantitative estimate of drug-likeness (QED) is 0.252. The van der Waals surface area contributed by atoms with E-state index >= 15 is 4.39 Å². The predicted octanol–water partition coefficient (Wildman–Crippen LogP) is 6.04. The maximum absolute atomic E-state index is 16.5. The van der Waals surface area contributed by atoms with Gasteiger partial charge in [0.05, 0.1) is 23.8 Å². The minimum atomic E-state index is -0.681. The van der Waals surface area contributed by atoms with Crippen molar-refractivity contribution in [3.05, 3.63) is 113 Å². The van der Waals surface area contributed by atoms with Crippen molar-refractivity contribution >= 4 is 17.3 Å². The fourth-order valence-electron chi connectivity index (χ4n) is 5.43. The van der Waals surface area contributed by atoms with Crippen LogP contribution in [0.4, 0.5) is 8.78 Å². The molecular weight excluding hydrogens is 538 g/mol. The number of ether oxygens (including phenoxy) is 1. The standard InChI is InChI=1S/C33H28F2N4O3/c1-19-17-26(42-3)25(31(40)37-33(14-15-33)21-7-5-4-6-8-21)18-24(19)23-13-16-39-30(28(23)35)27(32(41)36-2)29(38-39)20-9-11-22(34)12-10-20/h4-13,16-18H,14-15H2,1-3H3,(H,36,41)(H,37,40). The first-order valence-corrected chi connectivity index (χ1v) is 13.5. The summed E-state index contributed by atoms with van der Waals surface area (Å²) in [7, 11) is 2.93. The van der Waals surface area contributed by atoms with E-state index in [0.29, 0.717) is 22.4 Å². The number of amides is 2. The average molecular weight is 567 g/mol. The summed E-state index contributed by atoms with van der Waals surface area (Å²) >= 11 is 0. The van der Waals surface area contributed by atoms with Gasteiger partial charge in [-0.2, -0.15) is 5.10 Å². The van der Waals surface area contributed by atoms with Crippen molar-refractivity contribution in [2.75, 3.05) is 14.2 Å². The van der Waals surface area contributed by atoms with Crippen molar-refractivity contribution in [2.45, 2.75) is 25.3 Å². The molecule has 0 radical (unpaired) electrons. The molecule has 9 heteroatoms. The number of aryl methyl sites for hydroxylation is 1. The zero-order valence-corrected chi connectivity index (χ0v) is 23.3. The van der Waals surface area contributed by atoms with E-state index in [9.17, 15) is 14.0 Å². The second-order valence-corrected chi connectivity index (χ2v) is 10.4. The van der Waals surface area contributed by atoms with E-state index in [1.807, 2.05) is 30.3 Å². The maximum atomic E-state index is 16.5. The third-order valence-electron chi connectivity index (χ3n) is 7.82. The fourth-order valence-corrected chi connectivity index (χ4v) is 5.43. The van der Waals surface area contributed by atoms with Gasteiger partial charge in [0.2, 0.25) is 0 Å². The zero-order chi connectivity index (χ0) is 29.6. The van der Waals surface area contributed by atoms with Crippen LogP contribution in [0.1, 0.15) is 44.7 Å². The van der Waals surface area contributed by atoms with Crippen LogP contribution < -0.4 is 15.4 Å². The Morgan fingerprint density at radius 1 is 0.952 bits per heavy atom. The molecule has 0 unspecified atom stereocenters. The molecule has 212 valence electrons. The first-order valence-electron chi connectivity index (χ1n) is 13.5. The molecule has 2 N–H and O–H groups in total. The molecule has 0 aliphatic heterocycles. The highest BCUT2D eigenvalue weighted by Crippen LogP contribution is 2.46. The summed E-state index contributed by atoms with van der Waals surface area (Å²) in [4.78, 5) is 26.7. The van der Waals surface area contributed by atoms with E-state index in [0.717, 1.165) is 18.4 Å². The molecule has 1 aliphatic carbocycles. The second-order valence-electron chi connectivity index (χ2n) is 10.4. The summed E-state index contributed by atoms with van der Waals surface area (Å²) in [6, 6.07) is 20.2.